The first-order chi connectivity index (χ1) is 24.3. The lowest BCUT2D eigenvalue weighted by Gasteiger charge is -2.32. The lowest BCUT2D eigenvalue weighted by molar-refractivity contribution is 0.660. The molecule has 2 aliphatic rings. The molecule has 0 saturated carbocycles. The number of benzene rings is 7. The highest BCUT2D eigenvalue weighted by Gasteiger charge is 2.39. The van der Waals surface area contributed by atoms with Crippen LogP contribution < -0.4 is 4.90 Å². The smallest absolute Gasteiger partial charge is 0.0508 e. The topological polar surface area (TPSA) is 3.24 Å². The number of rotatable bonds is 4. The van der Waals surface area contributed by atoms with Crippen molar-refractivity contribution in [1.82, 2.24) is 0 Å². The first kappa shape index (κ1) is 29.5. The first-order valence-electron chi connectivity index (χ1n) is 17.6. The van der Waals surface area contributed by atoms with Crippen LogP contribution in [-0.2, 0) is 10.8 Å². The minimum atomic E-state index is -0.147. The summed E-state index contributed by atoms with van der Waals surface area (Å²) in [5.41, 5.74) is 16.7. The fraction of sp³-hybridized carbons (Fsp3) is 0.125. The van der Waals surface area contributed by atoms with Crippen molar-refractivity contribution >= 4 is 48.6 Å². The van der Waals surface area contributed by atoms with E-state index in [9.17, 15) is 0 Å². The monoisotopic (exact) mass is 659 g/mol. The molecule has 0 amide bonds. The lowest BCUT2D eigenvalue weighted by atomic mass is 9.81. The number of fused-ring (bicyclic) bond motifs is 9. The van der Waals surface area contributed by atoms with Crippen molar-refractivity contribution in [2.24, 2.45) is 0 Å². The Morgan fingerprint density at radius 1 is 0.420 bits per heavy atom. The predicted molar refractivity (Wildman–Crippen MR) is 215 cm³/mol. The molecule has 0 radical (unpaired) electrons. The third kappa shape index (κ3) is 4.12. The Balaban J connectivity index is 1.15. The van der Waals surface area contributed by atoms with Crippen molar-refractivity contribution in [2.75, 3.05) is 4.90 Å². The Hall–Kier alpha value is -5.44. The van der Waals surface area contributed by atoms with Gasteiger partial charge >= 0.3 is 0 Å². The maximum absolute atomic E-state index is 2.50. The minimum Gasteiger partial charge on any atom is -0.310 e. The van der Waals surface area contributed by atoms with Crippen molar-refractivity contribution in [1.29, 1.82) is 0 Å². The number of thiophene rings is 1. The molecular formula is C48H37NS. The van der Waals surface area contributed by atoms with Crippen molar-refractivity contribution < 1.29 is 0 Å². The van der Waals surface area contributed by atoms with Gasteiger partial charge in [-0.05, 0) is 98.1 Å². The molecule has 1 aromatic heterocycles. The number of anilines is 3. The van der Waals surface area contributed by atoms with E-state index in [0.717, 1.165) is 5.69 Å². The van der Waals surface area contributed by atoms with E-state index < -0.39 is 0 Å². The second-order valence-corrected chi connectivity index (χ2v) is 16.0. The van der Waals surface area contributed by atoms with Gasteiger partial charge in [0.25, 0.3) is 0 Å². The molecule has 2 aliphatic carbocycles. The molecule has 0 bridgehead atoms. The van der Waals surface area contributed by atoms with E-state index >= 15 is 0 Å². The summed E-state index contributed by atoms with van der Waals surface area (Å²) in [5.74, 6) is 0. The molecule has 0 unspecified atom stereocenters. The zero-order chi connectivity index (χ0) is 33.8. The number of nitrogens with zero attached hydrogens (tertiary/aromatic N) is 1. The van der Waals surface area contributed by atoms with Crippen LogP contribution in [0.5, 0.6) is 0 Å². The normalized spacial score (nSPS) is 14.7. The zero-order valence-corrected chi connectivity index (χ0v) is 29.6. The molecular weight excluding hydrogens is 623 g/mol. The van der Waals surface area contributed by atoms with Crippen LogP contribution in [0.25, 0.3) is 53.6 Å². The van der Waals surface area contributed by atoms with E-state index in [1.165, 1.54) is 87.2 Å². The van der Waals surface area contributed by atoms with Gasteiger partial charge in [-0.15, -0.1) is 11.3 Å². The Bertz CT molecular complexity index is 2650. The predicted octanol–water partition coefficient (Wildman–Crippen LogP) is 13.8. The van der Waals surface area contributed by atoms with Crippen molar-refractivity contribution in [3.05, 3.63) is 174 Å². The first-order valence-corrected chi connectivity index (χ1v) is 18.4. The van der Waals surface area contributed by atoms with Crippen molar-refractivity contribution in [3.63, 3.8) is 0 Å². The fourth-order valence-electron chi connectivity index (χ4n) is 8.99. The van der Waals surface area contributed by atoms with Gasteiger partial charge in [-0.2, -0.15) is 0 Å². The van der Waals surface area contributed by atoms with Crippen LogP contribution in [0.15, 0.2) is 152 Å². The number of hydrogen-bond acceptors (Lipinski definition) is 2. The summed E-state index contributed by atoms with van der Waals surface area (Å²) in [4.78, 5) is 2.50. The summed E-state index contributed by atoms with van der Waals surface area (Å²) in [6.45, 7) is 9.48. The van der Waals surface area contributed by atoms with Gasteiger partial charge in [0.2, 0.25) is 0 Å². The van der Waals surface area contributed by atoms with Crippen LogP contribution in [0.1, 0.15) is 49.9 Å². The van der Waals surface area contributed by atoms with Gasteiger partial charge in [0.1, 0.15) is 0 Å². The van der Waals surface area contributed by atoms with Crippen molar-refractivity contribution in [2.45, 2.75) is 38.5 Å². The molecule has 0 fully saturated rings. The Morgan fingerprint density at radius 2 is 1.02 bits per heavy atom. The van der Waals surface area contributed by atoms with Crippen LogP contribution in [0.2, 0.25) is 0 Å². The van der Waals surface area contributed by atoms with E-state index in [0.29, 0.717) is 0 Å². The van der Waals surface area contributed by atoms with Crippen LogP contribution in [0.3, 0.4) is 0 Å². The Kier molecular flexibility index (Phi) is 6.21. The molecule has 50 heavy (non-hydrogen) atoms. The zero-order valence-electron chi connectivity index (χ0n) is 28.8. The van der Waals surface area contributed by atoms with E-state index in [2.05, 4.69) is 184 Å². The molecule has 1 nitrogen and oxygen atoms in total. The third-order valence-electron chi connectivity index (χ3n) is 11.5. The number of hydrogen-bond donors (Lipinski definition) is 0. The van der Waals surface area contributed by atoms with E-state index in [-0.39, 0.29) is 10.8 Å². The van der Waals surface area contributed by atoms with Crippen molar-refractivity contribution in [3.8, 4) is 33.4 Å². The van der Waals surface area contributed by atoms with E-state index in [1.807, 2.05) is 11.3 Å². The van der Waals surface area contributed by atoms with Gasteiger partial charge in [-0.25, -0.2) is 0 Å². The fourth-order valence-corrected chi connectivity index (χ4v) is 10.1. The Labute approximate surface area is 298 Å². The molecule has 0 aliphatic heterocycles. The molecule has 8 aromatic rings. The highest BCUT2D eigenvalue weighted by molar-refractivity contribution is 7.25. The molecule has 2 heteroatoms. The molecule has 0 N–H and O–H groups in total. The molecule has 1 heterocycles. The molecule has 10 rings (SSSR count). The summed E-state index contributed by atoms with van der Waals surface area (Å²) < 4.78 is 2.67. The third-order valence-corrected chi connectivity index (χ3v) is 12.6. The van der Waals surface area contributed by atoms with Gasteiger partial charge in [-0.3, -0.25) is 0 Å². The highest BCUT2D eigenvalue weighted by Crippen LogP contribution is 2.55. The van der Waals surface area contributed by atoms with Gasteiger partial charge in [0.05, 0.1) is 5.69 Å². The second-order valence-electron chi connectivity index (χ2n) is 15.0. The molecule has 0 saturated heterocycles. The highest BCUT2D eigenvalue weighted by atomic mass is 32.1. The van der Waals surface area contributed by atoms with Crippen LogP contribution in [0, 0.1) is 0 Å². The second kappa shape index (κ2) is 10.5. The summed E-state index contributed by atoms with van der Waals surface area (Å²) in [5, 5.41) is 2.67. The Morgan fingerprint density at radius 3 is 1.82 bits per heavy atom. The van der Waals surface area contributed by atoms with Crippen LogP contribution in [0.4, 0.5) is 17.1 Å². The molecule has 7 aromatic carbocycles. The molecule has 0 atom stereocenters. The van der Waals surface area contributed by atoms with E-state index in [4.69, 9.17) is 0 Å². The summed E-state index contributed by atoms with van der Waals surface area (Å²) in [6, 6.07) is 56.7. The largest absolute Gasteiger partial charge is 0.310 e. The SMILES string of the molecule is CC1(C)c2ccccc2-c2cc(N(c3ccc(-c4ccc5c(c4)sc4ccccc45)cc3)c3cccc4c3C(C)(C)c3ccccc3-4)ccc21. The van der Waals surface area contributed by atoms with Gasteiger partial charge < -0.3 is 4.90 Å². The maximum atomic E-state index is 2.50. The van der Waals surface area contributed by atoms with Crippen LogP contribution >= 0.6 is 11.3 Å². The van der Waals surface area contributed by atoms with Gasteiger partial charge in [0, 0.05) is 42.4 Å². The quantitative estimate of drug-likeness (QED) is 0.182. The van der Waals surface area contributed by atoms with Gasteiger partial charge in [0.15, 0.2) is 0 Å². The van der Waals surface area contributed by atoms with Crippen LogP contribution in [-0.4, -0.2) is 0 Å². The summed E-state index contributed by atoms with van der Waals surface area (Å²) in [6.07, 6.45) is 0. The summed E-state index contributed by atoms with van der Waals surface area (Å²) >= 11 is 1.88. The average Bonchev–Trinajstić information content (AvgIpc) is 3.72. The van der Waals surface area contributed by atoms with E-state index in [1.54, 1.807) is 0 Å². The summed E-state index contributed by atoms with van der Waals surface area (Å²) in [7, 11) is 0. The average molecular weight is 660 g/mol. The van der Waals surface area contributed by atoms with Gasteiger partial charge in [-0.1, -0.05) is 137 Å². The molecule has 0 spiro atoms. The standard InChI is InChI=1S/C48H37NS/c1-47(2)40-16-8-6-13-35(40)39-29-33(25-27-42(39)47)49(43-18-11-15-38-34-12-5-9-17-41(34)48(3,4)46(38)43)32-23-20-30(21-24-32)31-22-26-37-36-14-7-10-19-44(36)50-45(37)28-31/h5-29H,1-4H3. The minimum absolute atomic E-state index is 0.0376. The lowest BCUT2D eigenvalue weighted by Crippen LogP contribution is -2.21. The molecule has 240 valence electrons. The maximum Gasteiger partial charge on any atom is 0.0508 e.